The second-order valence-electron chi connectivity index (χ2n) is 9.22. The molecule has 0 aromatic heterocycles. The summed E-state index contributed by atoms with van der Waals surface area (Å²) in [7, 11) is 6.43. The number of hydrogen-bond donors (Lipinski definition) is 1. The summed E-state index contributed by atoms with van der Waals surface area (Å²) in [5.41, 5.74) is 5.61. The van der Waals surface area contributed by atoms with Gasteiger partial charge in [-0.25, -0.2) is 0 Å². The fraction of sp³-hybridized carbons (Fsp3) is 0.172. The van der Waals surface area contributed by atoms with Crippen LogP contribution < -0.4 is 4.74 Å². The molecule has 1 heterocycles. The number of aryl methyl sites for hydroxylation is 2. The van der Waals surface area contributed by atoms with Crippen molar-refractivity contribution in [3.8, 4) is 16.9 Å². The molecule has 0 fully saturated rings. The summed E-state index contributed by atoms with van der Waals surface area (Å²) in [5.74, 6) is 0.658. The molecule has 154 valence electrons. The molecule has 1 N–H and O–H groups in total. The maximum atomic E-state index is 12.5. The zero-order valence-corrected chi connectivity index (χ0v) is 18.4. The third-order valence-corrected chi connectivity index (χ3v) is 6.96. The lowest BCUT2D eigenvalue weighted by Gasteiger charge is -2.35. The second kappa shape index (κ2) is 6.37. The summed E-state index contributed by atoms with van der Waals surface area (Å²) in [6.45, 7) is 6.10. The van der Waals surface area contributed by atoms with Crippen molar-refractivity contribution in [1.29, 1.82) is 0 Å². The van der Waals surface area contributed by atoms with Crippen LogP contribution in [-0.2, 0) is 5.60 Å². The van der Waals surface area contributed by atoms with Crippen LogP contribution in [0.25, 0.3) is 28.0 Å². The van der Waals surface area contributed by atoms with Crippen LogP contribution in [0.5, 0.6) is 5.75 Å². The van der Waals surface area contributed by atoms with E-state index in [2.05, 4.69) is 32.0 Å². The highest BCUT2D eigenvalue weighted by atomic mass is 16.5. The van der Waals surface area contributed by atoms with Crippen molar-refractivity contribution >= 4 is 24.7 Å². The standard InChI is InChI=1S/C29H23BO2/c1-17-15-22-20-13-14-28(3,30)32-27(20)26-25(23(22)16-18(17)2)21-11-7-8-12-24(21)29(26,31)19-9-5-4-6-10-19/h4-16,31H,1-3H3/t28-,29+/m0/s1. The number of aliphatic hydroxyl groups is 1. The minimum atomic E-state index is -1.34. The van der Waals surface area contributed by atoms with E-state index in [1.165, 1.54) is 11.1 Å². The van der Waals surface area contributed by atoms with Gasteiger partial charge in [0.1, 0.15) is 19.2 Å². The molecule has 2 nitrogen and oxygen atoms in total. The first-order valence-electron chi connectivity index (χ1n) is 11.0. The van der Waals surface area contributed by atoms with Gasteiger partial charge in [-0.2, -0.15) is 0 Å². The highest BCUT2D eigenvalue weighted by Crippen LogP contribution is 2.59. The van der Waals surface area contributed by atoms with Crippen LogP contribution in [0.15, 0.2) is 72.8 Å². The van der Waals surface area contributed by atoms with Gasteiger partial charge in [0.05, 0.1) is 5.50 Å². The summed E-state index contributed by atoms with van der Waals surface area (Å²) in [4.78, 5) is 0. The molecule has 6 rings (SSSR count). The van der Waals surface area contributed by atoms with E-state index in [0.29, 0.717) is 5.75 Å². The average Bonchev–Trinajstić information content (AvgIpc) is 3.06. The zero-order chi connectivity index (χ0) is 22.3. The highest BCUT2D eigenvalue weighted by Gasteiger charge is 2.48. The van der Waals surface area contributed by atoms with Crippen molar-refractivity contribution < 1.29 is 9.84 Å². The largest absolute Gasteiger partial charge is 0.493 e. The monoisotopic (exact) mass is 414 g/mol. The van der Waals surface area contributed by atoms with Gasteiger partial charge < -0.3 is 9.84 Å². The molecule has 2 radical (unpaired) electrons. The van der Waals surface area contributed by atoms with Gasteiger partial charge in [0.25, 0.3) is 0 Å². The average molecular weight is 414 g/mol. The number of fused-ring (bicyclic) bond motifs is 8. The zero-order valence-electron chi connectivity index (χ0n) is 18.4. The van der Waals surface area contributed by atoms with Crippen LogP contribution in [0.1, 0.15) is 40.3 Å². The van der Waals surface area contributed by atoms with Crippen molar-refractivity contribution in [3.63, 3.8) is 0 Å². The molecule has 0 saturated carbocycles. The van der Waals surface area contributed by atoms with Gasteiger partial charge in [0.15, 0.2) is 0 Å². The molecule has 0 spiro atoms. The molecule has 4 aromatic carbocycles. The molecule has 0 unspecified atom stereocenters. The van der Waals surface area contributed by atoms with E-state index in [1.807, 2.05) is 67.6 Å². The van der Waals surface area contributed by atoms with Gasteiger partial charge in [0.2, 0.25) is 0 Å². The summed E-state index contributed by atoms with van der Waals surface area (Å²) >= 11 is 0. The Morgan fingerprint density at radius 3 is 2.28 bits per heavy atom. The third kappa shape index (κ3) is 2.46. The molecule has 3 heteroatoms. The first-order valence-corrected chi connectivity index (χ1v) is 11.0. The van der Waals surface area contributed by atoms with Crippen LogP contribution >= 0.6 is 0 Å². The van der Waals surface area contributed by atoms with Crippen molar-refractivity contribution in [2.75, 3.05) is 0 Å². The Morgan fingerprint density at radius 1 is 0.875 bits per heavy atom. The van der Waals surface area contributed by atoms with E-state index in [1.54, 1.807) is 0 Å². The quantitative estimate of drug-likeness (QED) is 0.387. The lowest BCUT2D eigenvalue weighted by molar-refractivity contribution is 0.121. The Hall–Kier alpha value is -3.30. The minimum Gasteiger partial charge on any atom is -0.493 e. The molecular weight excluding hydrogens is 391 g/mol. The number of hydrogen-bond acceptors (Lipinski definition) is 2. The van der Waals surface area contributed by atoms with Gasteiger partial charge in [-0.15, -0.1) is 0 Å². The Kier molecular flexibility index (Phi) is 3.86. The van der Waals surface area contributed by atoms with Crippen molar-refractivity contribution in [2.24, 2.45) is 0 Å². The van der Waals surface area contributed by atoms with E-state index in [9.17, 15) is 5.11 Å². The molecule has 0 amide bonds. The van der Waals surface area contributed by atoms with Crippen molar-refractivity contribution in [3.05, 3.63) is 106 Å². The summed E-state index contributed by atoms with van der Waals surface area (Å²) in [6.07, 6.45) is 3.94. The van der Waals surface area contributed by atoms with Crippen LogP contribution in [0.2, 0.25) is 0 Å². The minimum absolute atomic E-state index is 0.658. The van der Waals surface area contributed by atoms with E-state index in [0.717, 1.165) is 44.2 Å². The molecule has 2 atom stereocenters. The topological polar surface area (TPSA) is 29.5 Å². The first-order chi connectivity index (χ1) is 15.3. The van der Waals surface area contributed by atoms with Gasteiger partial charge in [0, 0.05) is 22.3 Å². The summed E-state index contributed by atoms with van der Waals surface area (Å²) < 4.78 is 6.42. The highest BCUT2D eigenvalue weighted by molar-refractivity contribution is 6.17. The molecule has 32 heavy (non-hydrogen) atoms. The first kappa shape index (κ1) is 19.4. The molecule has 4 aromatic rings. The molecule has 1 aliphatic carbocycles. The lowest BCUT2D eigenvalue weighted by Crippen LogP contribution is -2.35. The molecule has 1 aliphatic heterocycles. The smallest absolute Gasteiger partial charge is 0.145 e. The summed E-state index contributed by atoms with van der Waals surface area (Å²) in [5, 5.41) is 14.8. The van der Waals surface area contributed by atoms with Gasteiger partial charge in [-0.1, -0.05) is 78.9 Å². The third-order valence-electron chi connectivity index (χ3n) is 6.96. The van der Waals surface area contributed by atoms with Gasteiger partial charge >= 0.3 is 0 Å². The maximum absolute atomic E-state index is 12.5. The Balaban J connectivity index is 1.86. The Bertz CT molecular complexity index is 1450. The molecule has 2 aliphatic rings. The van der Waals surface area contributed by atoms with Crippen LogP contribution in [0.3, 0.4) is 0 Å². The van der Waals surface area contributed by atoms with Gasteiger partial charge in [-0.3, -0.25) is 0 Å². The Labute approximate surface area is 189 Å². The Morgan fingerprint density at radius 2 is 1.53 bits per heavy atom. The van der Waals surface area contributed by atoms with E-state index >= 15 is 0 Å². The van der Waals surface area contributed by atoms with Gasteiger partial charge in [-0.05, 0) is 53.8 Å². The van der Waals surface area contributed by atoms with Crippen molar-refractivity contribution in [1.82, 2.24) is 0 Å². The second-order valence-corrected chi connectivity index (χ2v) is 9.22. The number of rotatable bonds is 1. The van der Waals surface area contributed by atoms with E-state index < -0.39 is 11.1 Å². The maximum Gasteiger partial charge on any atom is 0.145 e. The molecule has 0 saturated heterocycles. The van der Waals surface area contributed by atoms with Crippen LogP contribution in [-0.4, -0.2) is 18.5 Å². The van der Waals surface area contributed by atoms with Crippen molar-refractivity contribution in [2.45, 2.75) is 31.9 Å². The molecular formula is C29H23BO2. The summed E-state index contributed by atoms with van der Waals surface area (Å²) in [6, 6.07) is 22.4. The number of ether oxygens (including phenoxy) is 1. The predicted octanol–water partition coefficient (Wildman–Crippen LogP) is 6.01. The fourth-order valence-electron chi connectivity index (χ4n) is 5.28. The number of benzene rings is 4. The lowest BCUT2D eigenvalue weighted by atomic mass is 9.77. The normalized spacial score (nSPS) is 22.9. The fourth-order valence-corrected chi connectivity index (χ4v) is 5.28. The van der Waals surface area contributed by atoms with E-state index in [4.69, 9.17) is 12.6 Å². The SMILES string of the molecule is [B][C@]1(C)C=Cc2c(c3c(c4cc(C)c(C)cc24)-c2ccccc2[C@]3(O)c2ccccc2)O1. The van der Waals surface area contributed by atoms with Crippen LogP contribution in [0, 0.1) is 13.8 Å². The molecule has 0 bridgehead atoms. The predicted molar refractivity (Wildman–Crippen MR) is 131 cm³/mol. The van der Waals surface area contributed by atoms with E-state index in [-0.39, 0.29) is 0 Å². The van der Waals surface area contributed by atoms with Crippen LogP contribution in [0.4, 0.5) is 0 Å².